The normalized spacial score (nSPS) is 12.1. The first-order valence-electron chi connectivity index (χ1n) is 5.67. The van der Waals surface area contributed by atoms with E-state index in [0.717, 1.165) is 6.07 Å². The average molecular weight is 335 g/mol. The van der Waals surface area contributed by atoms with Crippen LogP contribution in [0.3, 0.4) is 0 Å². The van der Waals surface area contributed by atoms with Crippen molar-refractivity contribution in [2.75, 3.05) is 11.9 Å². The summed E-state index contributed by atoms with van der Waals surface area (Å²) in [6.45, 7) is 4.02. The van der Waals surface area contributed by atoms with Crippen LogP contribution in [0, 0.1) is 16.7 Å². The number of nitrogens with one attached hydrogen (secondary N) is 1. The van der Waals surface area contributed by atoms with Crippen molar-refractivity contribution in [3.8, 4) is 6.07 Å². The largest absolute Gasteiger partial charge is 0.417 e. The minimum Gasteiger partial charge on any atom is -0.385 e. The van der Waals surface area contributed by atoms with E-state index in [9.17, 15) is 13.2 Å². The Labute approximate surface area is 118 Å². The first-order valence-corrected chi connectivity index (χ1v) is 6.47. The highest BCUT2D eigenvalue weighted by atomic mass is 79.9. The average Bonchev–Trinajstić information content (AvgIpc) is 2.30. The summed E-state index contributed by atoms with van der Waals surface area (Å²) < 4.78 is 38.1. The lowest BCUT2D eigenvalue weighted by atomic mass is 9.91. The van der Waals surface area contributed by atoms with Crippen LogP contribution in [0.25, 0.3) is 0 Å². The van der Waals surface area contributed by atoms with Crippen molar-refractivity contribution in [2.45, 2.75) is 26.4 Å². The smallest absolute Gasteiger partial charge is 0.385 e. The molecule has 0 fully saturated rings. The van der Waals surface area contributed by atoms with E-state index in [0.29, 0.717) is 18.7 Å². The molecule has 0 aliphatic carbocycles. The molecule has 0 bridgehead atoms. The highest BCUT2D eigenvalue weighted by molar-refractivity contribution is 9.10. The highest BCUT2D eigenvalue weighted by Crippen LogP contribution is 2.36. The second-order valence-corrected chi connectivity index (χ2v) is 5.72. The summed E-state index contributed by atoms with van der Waals surface area (Å²) in [5, 5.41) is 11.7. The zero-order valence-electron chi connectivity index (χ0n) is 10.6. The first-order chi connectivity index (χ1) is 8.65. The number of halogens is 4. The van der Waals surface area contributed by atoms with Crippen molar-refractivity contribution in [2.24, 2.45) is 5.41 Å². The molecule has 1 rings (SSSR count). The van der Waals surface area contributed by atoms with Gasteiger partial charge in [-0.05, 0) is 38.5 Å². The molecular weight excluding hydrogens is 321 g/mol. The third-order valence-corrected chi connectivity index (χ3v) is 3.35. The highest BCUT2D eigenvalue weighted by Gasteiger charge is 2.33. The van der Waals surface area contributed by atoms with Gasteiger partial charge in [-0.15, -0.1) is 0 Å². The minimum absolute atomic E-state index is 0.0166. The van der Waals surface area contributed by atoms with Crippen LogP contribution in [-0.2, 0) is 6.18 Å². The predicted octanol–water partition coefficient (Wildman–Crippen LogP) is 4.82. The molecule has 0 spiro atoms. The van der Waals surface area contributed by atoms with Crippen molar-refractivity contribution in [1.82, 2.24) is 0 Å². The van der Waals surface area contributed by atoms with Gasteiger partial charge in [-0.3, -0.25) is 0 Å². The van der Waals surface area contributed by atoms with E-state index in [1.54, 1.807) is 19.9 Å². The molecule has 0 amide bonds. The lowest BCUT2D eigenvalue weighted by Crippen LogP contribution is -2.15. The first kappa shape index (κ1) is 15.8. The minimum atomic E-state index is -4.39. The van der Waals surface area contributed by atoms with Gasteiger partial charge in [0.05, 0.1) is 17.0 Å². The van der Waals surface area contributed by atoms with Gasteiger partial charge in [0, 0.05) is 16.7 Å². The third kappa shape index (κ3) is 4.75. The Morgan fingerprint density at radius 1 is 1.32 bits per heavy atom. The van der Waals surface area contributed by atoms with Crippen LogP contribution in [0.2, 0.25) is 0 Å². The molecule has 6 heteroatoms. The number of hydrogen-bond acceptors (Lipinski definition) is 2. The van der Waals surface area contributed by atoms with Gasteiger partial charge in [-0.2, -0.15) is 18.4 Å². The van der Waals surface area contributed by atoms with E-state index in [-0.39, 0.29) is 4.47 Å². The summed E-state index contributed by atoms with van der Waals surface area (Å²) in [6, 6.07) is 6.13. The molecule has 0 saturated heterocycles. The van der Waals surface area contributed by atoms with Crippen molar-refractivity contribution >= 4 is 21.6 Å². The summed E-state index contributed by atoms with van der Waals surface area (Å²) in [4.78, 5) is 0. The monoisotopic (exact) mass is 334 g/mol. The van der Waals surface area contributed by atoms with Crippen LogP contribution in [0.15, 0.2) is 22.7 Å². The van der Waals surface area contributed by atoms with E-state index in [2.05, 4.69) is 27.3 Å². The second kappa shape index (κ2) is 5.83. The van der Waals surface area contributed by atoms with Gasteiger partial charge in [0.15, 0.2) is 0 Å². The molecule has 0 saturated carbocycles. The molecule has 104 valence electrons. The zero-order valence-corrected chi connectivity index (χ0v) is 12.2. The second-order valence-electron chi connectivity index (χ2n) is 4.86. The Morgan fingerprint density at radius 2 is 1.95 bits per heavy atom. The van der Waals surface area contributed by atoms with Crippen molar-refractivity contribution in [1.29, 1.82) is 5.26 Å². The van der Waals surface area contributed by atoms with E-state index in [1.807, 2.05) is 0 Å². The van der Waals surface area contributed by atoms with Gasteiger partial charge in [-0.1, -0.05) is 15.9 Å². The van der Waals surface area contributed by atoms with E-state index in [1.165, 1.54) is 6.07 Å². The SMILES string of the molecule is CC(C)(C#N)CCNc1ccc(Br)c(C(F)(F)F)c1. The molecule has 0 radical (unpaired) electrons. The predicted molar refractivity (Wildman–Crippen MR) is 71.6 cm³/mol. The lowest BCUT2D eigenvalue weighted by Gasteiger charge is -2.17. The summed E-state index contributed by atoms with van der Waals surface area (Å²) in [6.07, 6.45) is -3.83. The van der Waals surface area contributed by atoms with Gasteiger partial charge >= 0.3 is 6.18 Å². The van der Waals surface area contributed by atoms with E-state index in [4.69, 9.17) is 5.26 Å². The summed E-state index contributed by atoms with van der Waals surface area (Å²) >= 11 is 2.89. The van der Waals surface area contributed by atoms with Gasteiger partial charge in [0.2, 0.25) is 0 Å². The van der Waals surface area contributed by atoms with Crippen LogP contribution in [0.4, 0.5) is 18.9 Å². The van der Waals surface area contributed by atoms with Crippen LogP contribution in [0.5, 0.6) is 0 Å². The molecule has 0 aromatic heterocycles. The molecule has 1 N–H and O–H groups in total. The number of nitrogens with zero attached hydrogens (tertiary/aromatic N) is 1. The van der Waals surface area contributed by atoms with Crippen molar-refractivity contribution < 1.29 is 13.2 Å². The number of rotatable bonds is 4. The van der Waals surface area contributed by atoms with E-state index < -0.39 is 17.2 Å². The summed E-state index contributed by atoms with van der Waals surface area (Å²) in [7, 11) is 0. The third-order valence-electron chi connectivity index (χ3n) is 2.65. The Balaban J connectivity index is 2.74. The van der Waals surface area contributed by atoms with Gasteiger partial charge in [0.1, 0.15) is 0 Å². The quantitative estimate of drug-likeness (QED) is 0.856. The fourth-order valence-corrected chi connectivity index (χ4v) is 1.90. The van der Waals surface area contributed by atoms with Crippen LogP contribution >= 0.6 is 15.9 Å². The Hall–Kier alpha value is -1.22. The molecule has 0 heterocycles. The maximum absolute atomic E-state index is 12.7. The fraction of sp³-hybridized carbons (Fsp3) is 0.462. The Kier molecular flexibility index (Phi) is 4.86. The number of anilines is 1. The molecule has 0 aliphatic heterocycles. The van der Waals surface area contributed by atoms with Crippen LogP contribution in [-0.4, -0.2) is 6.54 Å². The molecule has 0 atom stereocenters. The molecule has 19 heavy (non-hydrogen) atoms. The summed E-state index contributed by atoms with van der Waals surface area (Å²) in [5.74, 6) is 0. The summed E-state index contributed by atoms with van der Waals surface area (Å²) in [5.41, 5.74) is -0.809. The number of alkyl halides is 3. The van der Waals surface area contributed by atoms with Gasteiger partial charge in [-0.25, -0.2) is 0 Å². The molecule has 1 aromatic carbocycles. The molecular formula is C13H14BrF3N2. The number of nitriles is 1. The van der Waals surface area contributed by atoms with Crippen LogP contribution < -0.4 is 5.32 Å². The van der Waals surface area contributed by atoms with E-state index >= 15 is 0 Å². The maximum Gasteiger partial charge on any atom is 0.417 e. The molecule has 0 aliphatic rings. The Morgan fingerprint density at radius 3 is 2.47 bits per heavy atom. The van der Waals surface area contributed by atoms with Gasteiger partial charge < -0.3 is 5.32 Å². The molecule has 2 nitrogen and oxygen atoms in total. The zero-order chi connectivity index (χ0) is 14.7. The van der Waals surface area contributed by atoms with Crippen molar-refractivity contribution in [3.05, 3.63) is 28.2 Å². The van der Waals surface area contributed by atoms with Gasteiger partial charge in [0.25, 0.3) is 0 Å². The number of hydrogen-bond donors (Lipinski definition) is 1. The fourth-order valence-electron chi connectivity index (χ4n) is 1.43. The van der Waals surface area contributed by atoms with Crippen LogP contribution in [0.1, 0.15) is 25.8 Å². The standard InChI is InChI=1S/C13H14BrF3N2/c1-12(2,8-18)5-6-19-9-3-4-11(14)10(7-9)13(15,16)17/h3-4,7,19H,5-6H2,1-2H3. The lowest BCUT2D eigenvalue weighted by molar-refractivity contribution is -0.138. The molecule has 1 aromatic rings. The molecule has 0 unspecified atom stereocenters. The van der Waals surface area contributed by atoms with Crippen molar-refractivity contribution in [3.63, 3.8) is 0 Å². The number of benzene rings is 1. The topological polar surface area (TPSA) is 35.8 Å². The Bertz CT molecular complexity index is 490. The maximum atomic E-state index is 12.7.